The molecule has 0 aliphatic heterocycles. The molecule has 0 aliphatic carbocycles. The van der Waals surface area contributed by atoms with Crippen LogP contribution in [-0.4, -0.2) is 22.4 Å². The maximum Gasteiger partial charge on any atom is 0.275 e. The number of non-ortho nitro benzene ring substituents is 1. The highest BCUT2D eigenvalue weighted by atomic mass is 32.1. The molecule has 1 amide bonds. The molecule has 0 spiro atoms. The van der Waals surface area contributed by atoms with E-state index in [0.29, 0.717) is 18.7 Å². The largest absolute Gasteiger partial charge is 0.330 e. The normalized spacial score (nSPS) is 10.4. The predicted molar refractivity (Wildman–Crippen MR) is 80.7 cm³/mol. The lowest BCUT2D eigenvalue weighted by atomic mass is 10.2. The van der Waals surface area contributed by atoms with Crippen molar-refractivity contribution in [2.45, 2.75) is 13.3 Å². The molecule has 0 bridgehead atoms. The van der Waals surface area contributed by atoms with Crippen LogP contribution in [0, 0.1) is 17.0 Å². The lowest BCUT2D eigenvalue weighted by molar-refractivity contribution is -0.384. The molecule has 0 aliphatic rings. The highest BCUT2D eigenvalue weighted by Gasteiger charge is 2.14. The van der Waals surface area contributed by atoms with Gasteiger partial charge in [0.1, 0.15) is 5.69 Å². The Bertz CT molecular complexity index is 684. The Kier molecular flexibility index (Phi) is 4.61. The Morgan fingerprint density at radius 3 is 2.95 bits per heavy atom. The fraction of sp³-hybridized carbons (Fsp3) is 0.231. The van der Waals surface area contributed by atoms with Gasteiger partial charge >= 0.3 is 0 Å². The third-order valence-electron chi connectivity index (χ3n) is 2.82. The summed E-state index contributed by atoms with van der Waals surface area (Å²) in [6.07, 6.45) is 0.619. The van der Waals surface area contributed by atoms with Gasteiger partial charge < -0.3 is 11.1 Å². The molecule has 0 fully saturated rings. The topological polar surface area (TPSA) is 111 Å². The zero-order valence-corrected chi connectivity index (χ0v) is 12.1. The molecule has 21 heavy (non-hydrogen) atoms. The lowest BCUT2D eigenvalue weighted by Gasteiger charge is -2.06. The summed E-state index contributed by atoms with van der Waals surface area (Å²) in [4.78, 5) is 26.5. The summed E-state index contributed by atoms with van der Waals surface area (Å²) < 4.78 is 0. The third kappa shape index (κ3) is 3.61. The summed E-state index contributed by atoms with van der Waals surface area (Å²) in [5, 5.41) is 15.8. The number of aryl methyl sites for hydroxylation is 1. The zero-order chi connectivity index (χ0) is 15.4. The maximum atomic E-state index is 12.1. The van der Waals surface area contributed by atoms with Gasteiger partial charge in [-0.15, -0.1) is 11.3 Å². The first kappa shape index (κ1) is 15.1. The molecular formula is C13H14N4O3S. The van der Waals surface area contributed by atoms with Gasteiger partial charge in [0.15, 0.2) is 0 Å². The van der Waals surface area contributed by atoms with E-state index in [2.05, 4.69) is 10.3 Å². The molecule has 0 radical (unpaired) electrons. The number of amides is 1. The van der Waals surface area contributed by atoms with Crippen molar-refractivity contribution in [2.24, 2.45) is 5.73 Å². The lowest BCUT2D eigenvalue weighted by Crippen LogP contribution is -2.13. The molecule has 1 aromatic carbocycles. The van der Waals surface area contributed by atoms with Gasteiger partial charge in [-0.2, -0.15) is 0 Å². The summed E-state index contributed by atoms with van der Waals surface area (Å²) >= 11 is 1.37. The smallest absolute Gasteiger partial charge is 0.275 e. The zero-order valence-electron chi connectivity index (χ0n) is 11.3. The van der Waals surface area contributed by atoms with E-state index in [4.69, 9.17) is 5.73 Å². The van der Waals surface area contributed by atoms with Crippen LogP contribution in [0.25, 0.3) is 0 Å². The number of anilines is 1. The number of nitrogens with two attached hydrogens (primary N) is 1. The van der Waals surface area contributed by atoms with Crippen LogP contribution < -0.4 is 11.1 Å². The molecule has 110 valence electrons. The van der Waals surface area contributed by atoms with Crippen molar-refractivity contribution in [3.05, 3.63) is 50.0 Å². The molecular weight excluding hydrogens is 292 g/mol. The molecule has 8 heteroatoms. The molecule has 0 saturated heterocycles. The number of nitrogens with one attached hydrogen (secondary N) is 1. The number of carbonyl (C=O) groups excluding carboxylic acids is 1. The van der Waals surface area contributed by atoms with E-state index in [1.165, 1.54) is 23.5 Å². The van der Waals surface area contributed by atoms with Crippen LogP contribution in [0.5, 0.6) is 0 Å². The number of carbonyl (C=O) groups is 1. The van der Waals surface area contributed by atoms with Gasteiger partial charge in [-0.3, -0.25) is 14.9 Å². The van der Waals surface area contributed by atoms with E-state index in [1.807, 2.05) is 0 Å². The minimum Gasteiger partial charge on any atom is -0.330 e. The number of hydrogen-bond donors (Lipinski definition) is 2. The van der Waals surface area contributed by atoms with E-state index in [-0.39, 0.29) is 11.4 Å². The van der Waals surface area contributed by atoms with Crippen molar-refractivity contribution in [1.29, 1.82) is 0 Å². The molecule has 1 aromatic heterocycles. The summed E-state index contributed by atoms with van der Waals surface area (Å²) in [7, 11) is 0. The number of nitro groups is 1. The summed E-state index contributed by atoms with van der Waals surface area (Å²) in [6.45, 7) is 2.23. The van der Waals surface area contributed by atoms with Crippen LogP contribution in [-0.2, 0) is 6.42 Å². The van der Waals surface area contributed by atoms with Crippen molar-refractivity contribution >= 4 is 28.6 Å². The number of nitro benzene ring substituents is 1. The van der Waals surface area contributed by atoms with Crippen LogP contribution in [0.15, 0.2) is 23.6 Å². The van der Waals surface area contributed by atoms with E-state index in [0.717, 1.165) is 10.6 Å². The minimum absolute atomic E-state index is 0.0713. The average Bonchev–Trinajstić information content (AvgIpc) is 2.90. The van der Waals surface area contributed by atoms with Crippen LogP contribution in [0.4, 0.5) is 11.4 Å². The second kappa shape index (κ2) is 6.42. The Hall–Kier alpha value is -2.32. The van der Waals surface area contributed by atoms with Gasteiger partial charge in [0.2, 0.25) is 0 Å². The van der Waals surface area contributed by atoms with Gasteiger partial charge in [0, 0.05) is 23.9 Å². The standard InChI is InChI=1S/C13H14N4O3S/c1-8-2-3-9(17(19)20)6-10(8)16-13(18)11-7-21-12(15-11)4-5-14/h2-3,6-7H,4-5,14H2,1H3,(H,16,18). The number of rotatable bonds is 5. The molecule has 2 rings (SSSR count). The summed E-state index contributed by atoms with van der Waals surface area (Å²) in [6, 6.07) is 4.32. The molecule has 3 N–H and O–H groups in total. The molecule has 1 heterocycles. The summed E-state index contributed by atoms with van der Waals surface area (Å²) in [5.41, 5.74) is 6.80. The van der Waals surface area contributed by atoms with E-state index in [9.17, 15) is 14.9 Å². The monoisotopic (exact) mass is 306 g/mol. The summed E-state index contributed by atoms with van der Waals surface area (Å²) in [5.74, 6) is -0.391. The second-order valence-electron chi connectivity index (χ2n) is 4.38. The van der Waals surface area contributed by atoms with Crippen LogP contribution in [0.3, 0.4) is 0 Å². The molecule has 7 nitrogen and oxygen atoms in total. The third-order valence-corrected chi connectivity index (χ3v) is 3.73. The molecule has 0 saturated carbocycles. The van der Waals surface area contributed by atoms with Crippen LogP contribution in [0.2, 0.25) is 0 Å². The average molecular weight is 306 g/mol. The van der Waals surface area contributed by atoms with Gasteiger partial charge in [-0.25, -0.2) is 4.98 Å². The number of aromatic nitrogens is 1. The number of thiazole rings is 1. The van der Waals surface area contributed by atoms with Gasteiger partial charge in [0.25, 0.3) is 11.6 Å². The van der Waals surface area contributed by atoms with Crippen LogP contribution >= 0.6 is 11.3 Å². The van der Waals surface area contributed by atoms with Gasteiger partial charge in [0.05, 0.1) is 15.6 Å². The van der Waals surface area contributed by atoms with Crippen molar-refractivity contribution in [2.75, 3.05) is 11.9 Å². The van der Waals surface area contributed by atoms with Crippen molar-refractivity contribution in [1.82, 2.24) is 4.98 Å². The maximum absolute atomic E-state index is 12.1. The number of nitrogens with zero attached hydrogens (tertiary/aromatic N) is 2. The number of benzene rings is 1. The Morgan fingerprint density at radius 2 is 2.29 bits per heavy atom. The quantitative estimate of drug-likeness (QED) is 0.649. The van der Waals surface area contributed by atoms with Gasteiger partial charge in [-0.05, 0) is 19.0 Å². The molecule has 0 atom stereocenters. The van der Waals surface area contributed by atoms with Crippen molar-refractivity contribution < 1.29 is 9.72 Å². The van der Waals surface area contributed by atoms with E-state index in [1.54, 1.807) is 18.4 Å². The highest BCUT2D eigenvalue weighted by Crippen LogP contribution is 2.22. The molecule has 2 aromatic rings. The first-order valence-corrected chi connectivity index (χ1v) is 7.10. The Balaban J connectivity index is 2.18. The first-order chi connectivity index (χ1) is 10.0. The second-order valence-corrected chi connectivity index (χ2v) is 5.32. The minimum atomic E-state index is -0.503. The fourth-order valence-corrected chi connectivity index (χ4v) is 2.49. The van der Waals surface area contributed by atoms with Crippen molar-refractivity contribution in [3.8, 4) is 0 Å². The SMILES string of the molecule is Cc1ccc([N+](=O)[O-])cc1NC(=O)c1csc(CCN)n1. The number of hydrogen-bond acceptors (Lipinski definition) is 6. The Morgan fingerprint density at radius 1 is 1.52 bits per heavy atom. The first-order valence-electron chi connectivity index (χ1n) is 6.22. The van der Waals surface area contributed by atoms with E-state index < -0.39 is 10.8 Å². The van der Waals surface area contributed by atoms with Crippen LogP contribution in [0.1, 0.15) is 21.1 Å². The fourth-order valence-electron chi connectivity index (χ4n) is 1.70. The van der Waals surface area contributed by atoms with Gasteiger partial charge in [-0.1, -0.05) is 6.07 Å². The molecule has 0 unspecified atom stereocenters. The van der Waals surface area contributed by atoms with E-state index >= 15 is 0 Å². The predicted octanol–water partition coefficient (Wildman–Crippen LogP) is 2.11. The highest BCUT2D eigenvalue weighted by molar-refractivity contribution is 7.09. The van der Waals surface area contributed by atoms with Crippen molar-refractivity contribution in [3.63, 3.8) is 0 Å². The Labute approximate surface area is 125 Å².